The Morgan fingerprint density at radius 3 is 2.36 bits per heavy atom. The molecular formula is C19H26N3+. The Balaban J connectivity index is 2.02. The maximum atomic E-state index is 6.36. The number of nitrogens with zero attached hydrogens (tertiary/aromatic N) is 1. The summed E-state index contributed by atoms with van der Waals surface area (Å²) in [6.45, 7) is 0. The number of nitrogens with one attached hydrogen (secondary N) is 1. The zero-order valence-corrected chi connectivity index (χ0v) is 13.6. The Kier molecular flexibility index (Phi) is 4.32. The van der Waals surface area contributed by atoms with Gasteiger partial charge in [0.15, 0.2) is 0 Å². The molecule has 0 bridgehead atoms. The van der Waals surface area contributed by atoms with Crippen molar-refractivity contribution in [3.05, 3.63) is 36.4 Å². The van der Waals surface area contributed by atoms with Gasteiger partial charge >= 0.3 is 0 Å². The van der Waals surface area contributed by atoms with Crippen molar-refractivity contribution in [1.29, 1.82) is 0 Å². The molecule has 1 aliphatic carbocycles. The van der Waals surface area contributed by atoms with Crippen LogP contribution < -0.4 is 15.6 Å². The molecule has 3 heteroatoms. The lowest BCUT2D eigenvalue weighted by Gasteiger charge is -2.18. The molecule has 0 unspecified atom stereocenters. The van der Waals surface area contributed by atoms with Gasteiger partial charge in [0, 0.05) is 30.6 Å². The Bertz CT molecular complexity index is 682. The Hall–Kier alpha value is -2.03. The molecule has 1 saturated carbocycles. The third-order valence-electron chi connectivity index (χ3n) is 4.71. The van der Waals surface area contributed by atoms with Crippen molar-refractivity contribution in [2.45, 2.75) is 32.1 Å². The number of hydrogen-bond donors (Lipinski definition) is 2. The van der Waals surface area contributed by atoms with E-state index in [2.05, 4.69) is 60.4 Å². The van der Waals surface area contributed by atoms with Crippen molar-refractivity contribution in [3.63, 3.8) is 0 Å². The third-order valence-corrected chi connectivity index (χ3v) is 4.71. The summed E-state index contributed by atoms with van der Waals surface area (Å²) < 4.78 is 0. The van der Waals surface area contributed by atoms with Crippen LogP contribution >= 0.6 is 0 Å². The largest absolute Gasteiger partial charge is 0.377 e. The molecule has 3 N–H and O–H groups in total. The molecule has 2 aromatic carbocycles. The molecule has 0 aromatic heterocycles. The topological polar surface area (TPSA) is 43.2 Å². The summed E-state index contributed by atoms with van der Waals surface area (Å²) in [5.41, 5.74) is 8.71. The highest BCUT2D eigenvalue weighted by atomic mass is 15.1. The molecule has 0 atom stereocenters. The molecule has 0 spiro atoms. The van der Waals surface area contributed by atoms with E-state index in [4.69, 9.17) is 5.73 Å². The minimum absolute atomic E-state index is 0.515. The first-order valence-corrected chi connectivity index (χ1v) is 8.25. The number of nitrogens with two attached hydrogens (primary N) is 1. The maximum Gasteiger partial charge on any atom is 0.248 e. The monoisotopic (exact) mass is 296 g/mol. The second-order valence-corrected chi connectivity index (χ2v) is 6.49. The second-order valence-electron chi connectivity index (χ2n) is 6.49. The highest BCUT2D eigenvalue weighted by molar-refractivity contribution is 6.00. The predicted molar refractivity (Wildman–Crippen MR) is 94.7 cm³/mol. The minimum Gasteiger partial charge on any atom is -0.377 e. The number of hydrogen-bond acceptors (Lipinski definition) is 1. The Morgan fingerprint density at radius 1 is 1.00 bits per heavy atom. The lowest BCUT2D eigenvalue weighted by Crippen LogP contribution is -2.71. The van der Waals surface area contributed by atoms with Gasteiger partial charge in [-0.3, -0.25) is 5.73 Å². The quantitative estimate of drug-likeness (QED) is 0.675. The van der Waals surface area contributed by atoms with E-state index in [9.17, 15) is 0 Å². The molecule has 116 valence electrons. The van der Waals surface area contributed by atoms with Crippen LogP contribution in [0, 0.1) is 5.92 Å². The van der Waals surface area contributed by atoms with Crippen molar-refractivity contribution >= 4 is 28.0 Å². The van der Waals surface area contributed by atoms with Crippen LogP contribution in [-0.4, -0.2) is 19.9 Å². The lowest BCUT2D eigenvalue weighted by molar-refractivity contribution is -0.357. The van der Waals surface area contributed by atoms with Gasteiger partial charge in [0.2, 0.25) is 5.84 Å². The van der Waals surface area contributed by atoms with E-state index in [0.717, 1.165) is 11.5 Å². The number of anilines is 1. The standard InChI is InChI=1S/C19H25N3/c1-22(2)18-13-12-17(15-10-6-7-11-16(15)18)21-19(20)14-8-4-3-5-9-14/h6-7,10-14H,3-5,8-9H2,1-2H3,(H2,20,21)/p+1. The summed E-state index contributed by atoms with van der Waals surface area (Å²) in [6.07, 6.45) is 6.38. The molecule has 1 fully saturated rings. The highest BCUT2D eigenvalue weighted by Crippen LogP contribution is 2.29. The van der Waals surface area contributed by atoms with Gasteiger partial charge in [-0.05, 0) is 25.0 Å². The van der Waals surface area contributed by atoms with Gasteiger partial charge in [-0.15, -0.1) is 0 Å². The van der Waals surface area contributed by atoms with E-state index in [1.807, 2.05) is 0 Å². The van der Waals surface area contributed by atoms with Gasteiger partial charge < -0.3 is 4.90 Å². The average molecular weight is 296 g/mol. The highest BCUT2D eigenvalue weighted by Gasteiger charge is 2.21. The maximum absolute atomic E-state index is 6.36. The van der Waals surface area contributed by atoms with Crippen LogP contribution in [0.5, 0.6) is 0 Å². The Morgan fingerprint density at radius 2 is 1.68 bits per heavy atom. The van der Waals surface area contributed by atoms with Crippen LogP contribution in [0.4, 0.5) is 11.4 Å². The molecule has 22 heavy (non-hydrogen) atoms. The molecule has 0 aliphatic heterocycles. The first kappa shape index (κ1) is 14.9. The molecule has 0 saturated heterocycles. The summed E-state index contributed by atoms with van der Waals surface area (Å²) in [5.74, 6) is 1.45. The fraction of sp³-hybridized carbons (Fsp3) is 0.421. The van der Waals surface area contributed by atoms with Crippen LogP contribution in [0.2, 0.25) is 0 Å². The minimum atomic E-state index is 0.515. The zero-order chi connectivity index (χ0) is 15.5. The molecule has 2 aromatic rings. The van der Waals surface area contributed by atoms with Crippen LogP contribution in [0.1, 0.15) is 32.1 Å². The number of rotatable bonds is 3. The molecule has 3 nitrogen and oxygen atoms in total. The average Bonchev–Trinajstić information content (AvgIpc) is 2.55. The van der Waals surface area contributed by atoms with Crippen molar-refractivity contribution in [2.75, 3.05) is 19.0 Å². The van der Waals surface area contributed by atoms with Crippen molar-refractivity contribution in [1.82, 2.24) is 0 Å². The van der Waals surface area contributed by atoms with Crippen molar-refractivity contribution in [3.8, 4) is 0 Å². The summed E-state index contributed by atoms with van der Waals surface area (Å²) in [7, 11) is 4.16. The zero-order valence-electron chi connectivity index (χ0n) is 13.6. The summed E-state index contributed by atoms with van der Waals surface area (Å²) >= 11 is 0. The number of benzene rings is 2. The summed E-state index contributed by atoms with van der Waals surface area (Å²) in [5, 5.41) is 2.49. The van der Waals surface area contributed by atoms with Crippen LogP contribution in [0.3, 0.4) is 0 Å². The molecule has 0 amide bonds. The third kappa shape index (κ3) is 2.94. The molecule has 3 rings (SSSR count). The fourth-order valence-corrected chi connectivity index (χ4v) is 3.45. The molecule has 0 radical (unpaired) electrons. The molecule has 0 heterocycles. The van der Waals surface area contributed by atoms with E-state index in [1.54, 1.807) is 0 Å². The van der Waals surface area contributed by atoms with Gasteiger partial charge in [-0.25, -0.2) is 4.99 Å². The first-order chi connectivity index (χ1) is 10.7. The van der Waals surface area contributed by atoms with E-state index >= 15 is 0 Å². The van der Waals surface area contributed by atoms with Gasteiger partial charge in [0.25, 0.3) is 0 Å². The second kappa shape index (κ2) is 6.39. The van der Waals surface area contributed by atoms with Crippen LogP contribution in [0.15, 0.2) is 36.4 Å². The van der Waals surface area contributed by atoms with Gasteiger partial charge in [-0.2, -0.15) is 0 Å². The van der Waals surface area contributed by atoms with Crippen molar-refractivity contribution < 1.29 is 4.99 Å². The van der Waals surface area contributed by atoms with E-state index in [-0.39, 0.29) is 0 Å². The van der Waals surface area contributed by atoms with Gasteiger partial charge in [0.1, 0.15) is 5.69 Å². The van der Waals surface area contributed by atoms with E-state index < -0.39 is 0 Å². The van der Waals surface area contributed by atoms with Crippen LogP contribution in [0.25, 0.3) is 10.8 Å². The van der Waals surface area contributed by atoms with Crippen LogP contribution in [-0.2, 0) is 0 Å². The summed E-state index contributed by atoms with van der Waals surface area (Å²) in [4.78, 5) is 5.65. The van der Waals surface area contributed by atoms with Crippen molar-refractivity contribution in [2.24, 2.45) is 11.7 Å². The smallest absolute Gasteiger partial charge is 0.248 e. The first-order valence-electron chi connectivity index (χ1n) is 8.25. The van der Waals surface area contributed by atoms with E-state index in [0.29, 0.717) is 5.92 Å². The predicted octanol–water partition coefficient (Wildman–Crippen LogP) is 2.56. The molecular weight excluding hydrogens is 270 g/mol. The normalized spacial score (nSPS) is 16.9. The van der Waals surface area contributed by atoms with Gasteiger partial charge in [-0.1, -0.05) is 43.5 Å². The number of amidine groups is 1. The SMILES string of the molecule is CN(C)c1ccc([NH+]=C(N)C2CCCCC2)c2ccccc12. The summed E-state index contributed by atoms with van der Waals surface area (Å²) in [6, 6.07) is 12.8. The molecule has 1 aliphatic rings. The Labute approximate surface area is 132 Å². The van der Waals surface area contributed by atoms with E-state index in [1.165, 1.54) is 48.6 Å². The van der Waals surface area contributed by atoms with Gasteiger partial charge in [0.05, 0.1) is 5.92 Å². The number of fused-ring (bicyclic) bond motifs is 1. The lowest BCUT2D eigenvalue weighted by atomic mass is 9.88. The fourth-order valence-electron chi connectivity index (χ4n) is 3.45.